The number of hydrogen-bond acceptors (Lipinski definition) is 3. The quantitative estimate of drug-likeness (QED) is 0.501. The molecular weight excluding hydrogens is 290 g/mol. The summed E-state index contributed by atoms with van der Waals surface area (Å²) in [6, 6.07) is -0.101. The van der Waals surface area contributed by atoms with Crippen LogP contribution in [-0.2, 0) is 12.1 Å². The smallest absolute Gasteiger partial charge is 0.308 e. The molecule has 0 atom stereocenters. The van der Waals surface area contributed by atoms with E-state index in [0.29, 0.717) is 0 Å². The second-order valence-corrected chi connectivity index (χ2v) is 3.33. The second kappa shape index (κ2) is 4.47. The first-order valence-electron chi connectivity index (χ1n) is 4.40. The van der Waals surface area contributed by atoms with Gasteiger partial charge in [-0.2, -0.15) is 35.1 Å². The van der Waals surface area contributed by atoms with Crippen LogP contribution in [0, 0.1) is 0 Å². The van der Waals surface area contributed by atoms with Crippen LogP contribution in [0.3, 0.4) is 0 Å². The van der Waals surface area contributed by atoms with Gasteiger partial charge in [-0.15, -0.1) is 0 Å². The van der Waals surface area contributed by atoms with Crippen molar-refractivity contribution in [3.63, 3.8) is 0 Å². The first-order valence-corrected chi connectivity index (χ1v) is 4.40. The summed E-state index contributed by atoms with van der Waals surface area (Å²) in [6.07, 6.45) is -11.7. The van der Waals surface area contributed by atoms with E-state index < -0.39 is 35.2 Å². The van der Waals surface area contributed by atoms with Crippen LogP contribution in [0.2, 0.25) is 0 Å². The molecule has 0 aliphatic carbocycles. The lowest BCUT2D eigenvalue weighted by Crippen LogP contribution is -2.36. The van der Waals surface area contributed by atoms with E-state index in [1.807, 2.05) is 0 Å². The van der Waals surface area contributed by atoms with Crippen LogP contribution < -0.4 is 11.3 Å². The number of aromatic nitrogens is 1. The number of nitrogens with two attached hydrogens (primary N) is 1. The van der Waals surface area contributed by atoms with Crippen molar-refractivity contribution in [3.8, 4) is 0 Å². The Labute approximate surface area is 99.9 Å². The predicted molar refractivity (Wildman–Crippen MR) is 47.0 cm³/mol. The molecule has 1 heterocycles. The molecule has 19 heavy (non-hydrogen) atoms. The zero-order valence-electron chi connectivity index (χ0n) is 8.70. The average Bonchev–Trinajstić information content (AvgIpc) is 2.25. The molecule has 1 aromatic rings. The molecule has 0 bridgehead atoms. The predicted octanol–water partition coefficient (Wildman–Crippen LogP) is 3.04. The van der Waals surface area contributed by atoms with E-state index in [2.05, 4.69) is 4.98 Å². The van der Waals surface area contributed by atoms with Gasteiger partial charge in [0.1, 0.15) is 5.82 Å². The van der Waals surface area contributed by atoms with E-state index in [1.165, 1.54) is 0 Å². The Morgan fingerprint density at radius 2 is 1.47 bits per heavy atom. The minimum Gasteiger partial charge on any atom is -0.308 e. The van der Waals surface area contributed by atoms with Crippen molar-refractivity contribution in [2.45, 2.75) is 18.3 Å². The maximum atomic E-state index is 13.0. The molecule has 3 N–H and O–H groups in total. The van der Waals surface area contributed by atoms with Gasteiger partial charge in [-0.3, -0.25) is 0 Å². The Hall–Kier alpha value is -1.65. The minimum atomic E-state index is -6.18. The zero-order chi connectivity index (χ0) is 15.1. The topological polar surface area (TPSA) is 50.9 Å². The Balaban J connectivity index is 3.55. The summed E-state index contributed by atoms with van der Waals surface area (Å²) in [4.78, 5) is 2.96. The molecule has 0 aliphatic heterocycles. The third kappa shape index (κ3) is 2.85. The monoisotopic (exact) mass is 295 g/mol. The van der Waals surface area contributed by atoms with Crippen molar-refractivity contribution in [1.82, 2.24) is 4.98 Å². The largest absolute Gasteiger partial charge is 0.458 e. The maximum absolute atomic E-state index is 13.0. The molecule has 0 fully saturated rings. The zero-order valence-corrected chi connectivity index (χ0v) is 8.70. The van der Waals surface area contributed by atoms with Gasteiger partial charge in [0.2, 0.25) is 0 Å². The molecule has 0 saturated heterocycles. The van der Waals surface area contributed by atoms with E-state index in [1.54, 1.807) is 5.43 Å². The number of rotatable bonds is 2. The first-order chi connectivity index (χ1) is 8.41. The molecule has 0 spiro atoms. The summed E-state index contributed by atoms with van der Waals surface area (Å²) in [5.41, 5.74) is -2.86. The van der Waals surface area contributed by atoms with Gasteiger partial charge in [-0.25, -0.2) is 10.8 Å². The van der Waals surface area contributed by atoms with Gasteiger partial charge in [0.25, 0.3) is 0 Å². The lowest BCUT2D eigenvalue weighted by molar-refractivity contribution is -0.291. The fourth-order valence-corrected chi connectivity index (χ4v) is 1.17. The number of pyridine rings is 1. The lowest BCUT2D eigenvalue weighted by atomic mass is 10.0. The maximum Gasteiger partial charge on any atom is 0.458 e. The molecule has 11 heteroatoms. The number of hydrogen-bond donors (Lipinski definition) is 2. The molecule has 1 rings (SSSR count). The van der Waals surface area contributed by atoms with Crippen molar-refractivity contribution in [2.75, 3.05) is 5.43 Å². The number of nitrogens with one attached hydrogen (secondary N) is 1. The van der Waals surface area contributed by atoms with Gasteiger partial charge in [-0.05, 0) is 6.07 Å². The van der Waals surface area contributed by atoms with Crippen LogP contribution in [0.5, 0.6) is 0 Å². The Morgan fingerprint density at radius 3 is 1.84 bits per heavy atom. The molecule has 0 radical (unpaired) electrons. The summed E-state index contributed by atoms with van der Waals surface area (Å²) in [6.45, 7) is 0. The number of halogens is 8. The molecule has 0 amide bonds. The third-order valence-electron chi connectivity index (χ3n) is 2.05. The van der Waals surface area contributed by atoms with E-state index in [-0.39, 0.29) is 12.3 Å². The number of nitrogen functional groups attached to an aromatic ring is 1. The van der Waals surface area contributed by atoms with E-state index in [0.717, 1.165) is 0 Å². The van der Waals surface area contributed by atoms with Crippen LogP contribution in [0.4, 0.5) is 40.9 Å². The molecule has 0 saturated carbocycles. The van der Waals surface area contributed by atoms with Crippen LogP contribution >= 0.6 is 0 Å². The van der Waals surface area contributed by atoms with E-state index in [9.17, 15) is 35.1 Å². The lowest BCUT2D eigenvalue weighted by Gasteiger charge is -2.23. The molecule has 108 valence electrons. The highest BCUT2D eigenvalue weighted by Crippen LogP contribution is 2.48. The summed E-state index contributed by atoms with van der Waals surface area (Å²) in [5, 5.41) is 0. The minimum absolute atomic E-state index is 0.101. The SMILES string of the molecule is NNc1cc(C(F)(F)C(F)(F)F)c(C(F)(F)F)cn1. The van der Waals surface area contributed by atoms with Gasteiger partial charge < -0.3 is 5.43 Å². The summed E-state index contributed by atoms with van der Waals surface area (Å²) in [5.74, 6) is -1.74. The third-order valence-corrected chi connectivity index (χ3v) is 2.05. The van der Waals surface area contributed by atoms with Crippen molar-refractivity contribution < 1.29 is 35.1 Å². The number of anilines is 1. The van der Waals surface area contributed by atoms with Crippen molar-refractivity contribution in [3.05, 3.63) is 23.4 Å². The van der Waals surface area contributed by atoms with Crippen LogP contribution in [0.15, 0.2) is 12.3 Å². The second-order valence-electron chi connectivity index (χ2n) is 3.33. The van der Waals surface area contributed by atoms with Crippen LogP contribution in [-0.4, -0.2) is 11.2 Å². The molecule has 0 aliphatic rings. The van der Waals surface area contributed by atoms with Gasteiger partial charge in [0.15, 0.2) is 0 Å². The summed E-state index contributed by atoms with van der Waals surface area (Å²) >= 11 is 0. The summed E-state index contributed by atoms with van der Waals surface area (Å²) in [7, 11) is 0. The molecule has 0 unspecified atom stereocenters. The normalized spacial score (nSPS) is 13.5. The van der Waals surface area contributed by atoms with E-state index >= 15 is 0 Å². The standard InChI is InChI=1S/C8H5F8N3/c9-6(10,8(14,15)16)3-1-5(19-17)18-2-4(3)7(11,12)13/h1-2H,17H2,(H,18,19). The van der Waals surface area contributed by atoms with Gasteiger partial charge >= 0.3 is 18.3 Å². The fourth-order valence-electron chi connectivity index (χ4n) is 1.17. The van der Waals surface area contributed by atoms with E-state index in [4.69, 9.17) is 5.84 Å². The average molecular weight is 295 g/mol. The van der Waals surface area contributed by atoms with Crippen LogP contribution in [0.1, 0.15) is 11.1 Å². The molecule has 3 nitrogen and oxygen atoms in total. The Bertz CT molecular complexity index is 464. The van der Waals surface area contributed by atoms with Crippen LogP contribution in [0.25, 0.3) is 0 Å². The molecule has 0 aromatic carbocycles. The first kappa shape index (κ1) is 15.4. The summed E-state index contributed by atoms with van der Waals surface area (Å²) < 4.78 is 99.7. The highest BCUT2D eigenvalue weighted by molar-refractivity contribution is 5.43. The molecule has 1 aromatic heterocycles. The highest BCUT2D eigenvalue weighted by Gasteiger charge is 2.61. The van der Waals surface area contributed by atoms with Crippen molar-refractivity contribution >= 4 is 5.82 Å². The Morgan fingerprint density at radius 1 is 0.947 bits per heavy atom. The van der Waals surface area contributed by atoms with Gasteiger partial charge in [0.05, 0.1) is 5.56 Å². The fraction of sp³-hybridized carbons (Fsp3) is 0.375. The Kier molecular flexibility index (Phi) is 3.63. The highest BCUT2D eigenvalue weighted by atomic mass is 19.4. The number of alkyl halides is 8. The number of hydrazine groups is 1. The molecular formula is C8H5F8N3. The van der Waals surface area contributed by atoms with Crippen molar-refractivity contribution in [2.24, 2.45) is 5.84 Å². The van der Waals surface area contributed by atoms with Crippen molar-refractivity contribution in [1.29, 1.82) is 0 Å². The number of nitrogens with zero attached hydrogens (tertiary/aromatic N) is 1. The van der Waals surface area contributed by atoms with Gasteiger partial charge in [-0.1, -0.05) is 0 Å². The van der Waals surface area contributed by atoms with Gasteiger partial charge in [0, 0.05) is 11.8 Å².